The van der Waals surface area contributed by atoms with Gasteiger partial charge in [-0.05, 0) is 36.4 Å². The van der Waals surface area contributed by atoms with Gasteiger partial charge in [0.15, 0.2) is 0 Å². The van der Waals surface area contributed by atoms with Gasteiger partial charge in [0.05, 0.1) is 11.1 Å². The van der Waals surface area contributed by atoms with Crippen molar-refractivity contribution in [3.8, 4) is 11.6 Å². The number of hydrogen-bond donors (Lipinski definition) is 0. The SMILES string of the molecule is O=Cc1cccc(Oc2ccc3cc(C(F)(F)F)ccc3n2)c1. The van der Waals surface area contributed by atoms with Gasteiger partial charge in [-0.2, -0.15) is 13.2 Å². The highest BCUT2D eigenvalue weighted by atomic mass is 19.4. The number of benzene rings is 2. The molecule has 116 valence electrons. The molecule has 2 aromatic carbocycles. The predicted molar refractivity (Wildman–Crippen MR) is 78.6 cm³/mol. The molecule has 3 nitrogen and oxygen atoms in total. The molecule has 3 aromatic rings. The molecule has 0 radical (unpaired) electrons. The van der Waals surface area contributed by atoms with Crippen LogP contribution in [0, 0.1) is 0 Å². The van der Waals surface area contributed by atoms with Gasteiger partial charge in [0.1, 0.15) is 12.0 Å². The van der Waals surface area contributed by atoms with Crippen molar-refractivity contribution in [1.82, 2.24) is 4.98 Å². The van der Waals surface area contributed by atoms with E-state index < -0.39 is 11.7 Å². The van der Waals surface area contributed by atoms with E-state index in [9.17, 15) is 18.0 Å². The average Bonchev–Trinajstić information content (AvgIpc) is 2.53. The van der Waals surface area contributed by atoms with Crippen LogP contribution in [0.4, 0.5) is 13.2 Å². The van der Waals surface area contributed by atoms with Crippen LogP contribution in [0.25, 0.3) is 10.9 Å². The zero-order valence-electron chi connectivity index (χ0n) is 11.7. The minimum Gasteiger partial charge on any atom is -0.439 e. The Morgan fingerprint density at radius 1 is 1.00 bits per heavy atom. The lowest BCUT2D eigenvalue weighted by Crippen LogP contribution is -2.04. The maximum atomic E-state index is 12.7. The van der Waals surface area contributed by atoms with E-state index in [1.165, 1.54) is 18.2 Å². The van der Waals surface area contributed by atoms with Gasteiger partial charge in [-0.25, -0.2) is 4.98 Å². The molecule has 0 N–H and O–H groups in total. The number of pyridine rings is 1. The number of fused-ring (bicyclic) bond motifs is 1. The molecule has 6 heteroatoms. The highest BCUT2D eigenvalue weighted by Gasteiger charge is 2.30. The van der Waals surface area contributed by atoms with E-state index in [1.807, 2.05) is 0 Å². The Balaban J connectivity index is 1.92. The van der Waals surface area contributed by atoms with Gasteiger partial charge in [0.25, 0.3) is 0 Å². The first-order valence-corrected chi connectivity index (χ1v) is 6.67. The van der Waals surface area contributed by atoms with Crippen LogP contribution in [0.15, 0.2) is 54.6 Å². The molecule has 0 saturated heterocycles. The van der Waals surface area contributed by atoms with Gasteiger partial charge in [-0.1, -0.05) is 12.1 Å². The van der Waals surface area contributed by atoms with Crippen LogP contribution >= 0.6 is 0 Å². The number of halogens is 3. The van der Waals surface area contributed by atoms with Gasteiger partial charge < -0.3 is 4.74 Å². The molecule has 0 aliphatic heterocycles. The summed E-state index contributed by atoms with van der Waals surface area (Å²) in [5.74, 6) is 0.661. The monoisotopic (exact) mass is 317 g/mol. The lowest BCUT2D eigenvalue weighted by atomic mass is 10.1. The molecule has 0 amide bonds. The zero-order valence-corrected chi connectivity index (χ0v) is 11.7. The molecular weight excluding hydrogens is 307 g/mol. The molecule has 1 aromatic heterocycles. The van der Waals surface area contributed by atoms with Crippen molar-refractivity contribution < 1.29 is 22.7 Å². The first-order chi connectivity index (χ1) is 11.0. The highest BCUT2D eigenvalue weighted by Crippen LogP contribution is 2.32. The Morgan fingerprint density at radius 2 is 1.83 bits per heavy atom. The number of aldehydes is 1. The number of carbonyl (C=O) groups is 1. The first-order valence-electron chi connectivity index (χ1n) is 6.67. The third-order valence-electron chi connectivity index (χ3n) is 3.21. The molecular formula is C17H10F3NO2. The Kier molecular flexibility index (Phi) is 3.73. The van der Waals surface area contributed by atoms with Crippen LogP contribution in [-0.4, -0.2) is 11.3 Å². The minimum absolute atomic E-state index is 0.236. The van der Waals surface area contributed by atoms with Gasteiger partial charge in [-0.15, -0.1) is 0 Å². The van der Waals surface area contributed by atoms with E-state index >= 15 is 0 Å². The van der Waals surface area contributed by atoms with E-state index in [0.717, 1.165) is 12.1 Å². The molecule has 3 rings (SSSR count). The van der Waals surface area contributed by atoms with Crippen molar-refractivity contribution in [2.45, 2.75) is 6.18 Å². The average molecular weight is 317 g/mol. The normalized spacial score (nSPS) is 11.4. The second-order valence-electron chi connectivity index (χ2n) is 4.85. The Morgan fingerprint density at radius 3 is 2.57 bits per heavy atom. The van der Waals surface area contributed by atoms with Gasteiger partial charge in [-0.3, -0.25) is 4.79 Å². The zero-order chi connectivity index (χ0) is 16.4. The number of aromatic nitrogens is 1. The second-order valence-corrected chi connectivity index (χ2v) is 4.85. The summed E-state index contributed by atoms with van der Waals surface area (Å²) >= 11 is 0. The summed E-state index contributed by atoms with van der Waals surface area (Å²) in [6.45, 7) is 0. The van der Waals surface area contributed by atoms with Crippen LogP contribution < -0.4 is 4.74 Å². The van der Waals surface area contributed by atoms with Gasteiger partial charge in [0, 0.05) is 17.0 Å². The Labute approximate surface area is 129 Å². The fourth-order valence-corrected chi connectivity index (χ4v) is 2.11. The summed E-state index contributed by atoms with van der Waals surface area (Å²) in [5.41, 5.74) is 0.124. The first kappa shape index (κ1) is 15.0. The third-order valence-corrected chi connectivity index (χ3v) is 3.21. The number of rotatable bonds is 3. The van der Waals surface area contributed by atoms with Crippen molar-refractivity contribution in [3.05, 3.63) is 65.7 Å². The lowest BCUT2D eigenvalue weighted by molar-refractivity contribution is -0.137. The van der Waals surface area contributed by atoms with Crippen molar-refractivity contribution in [2.24, 2.45) is 0 Å². The van der Waals surface area contributed by atoms with Crippen molar-refractivity contribution in [1.29, 1.82) is 0 Å². The molecule has 0 bridgehead atoms. The third kappa shape index (κ3) is 3.31. The Bertz CT molecular complexity index is 875. The summed E-state index contributed by atoms with van der Waals surface area (Å²) < 4.78 is 43.6. The van der Waals surface area contributed by atoms with Crippen LogP contribution in [0.3, 0.4) is 0 Å². The molecule has 0 atom stereocenters. The summed E-state index contributed by atoms with van der Waals surface area (Å²) in [4.78, 5) is 14.9. The highest BCUT2D eigenvalue weighted by molar-refractivity contribution is 5.80. The van der Waals surface area contributed by atoms with E-state index in [0.29, 0.717) is 28.5 Å². The minimum atomic E-state index is -4.39. The van der Waals surface area contributed by atoms with Crippen LogP contribution in [0.2, 0.25) is 0 Å². The number of ether oxygens (including phenoxy) is 1. The lowest BCUT2D eigenvalue weighted by Gasteiger charge is -2.09. The van der Waals surface area contributed by atoms with Crippen molar-refractivity contribution in [2.75, 3.05) is 0 Å². The molecule has 0 fully saturated rings. The standard InChI is InChI=1S/C17H10F3NO2/c18-17(19,20)13-5-6-15-12(9-13)4-7-16(21-15)23-14-3-1-2-11(8-14)10-22/h1-10H. The van der Waals surface area contributed by atoms with E-state index in [1.54, 1.807) is 24.3 Å². The molecule has 0 spiro atoms. The maximum absolute atomic E-state index is 12.7. The summed E-state index contributed by atoms with van der Waals surface area (Å²) in [5, 5.41) is 0.369. The summed E-state index contributed by atoms with van der Waals surface area (Å²) in [6, 6.07) is 12.8. The quantitative estimate of drug-likeness (QED) is 0.648. The second kappa shape index (κ2) is 5.72. The number of hydrogen-bond acceptors (Lipinski definition) is 3. The van der Waals surface area contributed by atoms with Crippen LogP contribution in [-0.2, 0) is 6.18 Å². The van der Waals surface area contributed by atoms with E-state index in [4.69, 9.17) is 4.74 Å². The number of carbonyl (C=O) groups excluding carboxylic acids is 1. The topological polar surface area (TPSA) is 39.2 Å². The van der Waals surface area contributed by atoms with Gasteiger partial charge >= 0.3 is 6.18 Å². The molecule has 0 aliphatic carbocycles. The fraction of sp³-hybridized carbons (Fsp3) is 0.0588. The van der Waals surface area contributed by atoms with E-state index in [-0.39, 0.29) is 5.88 Å². The summed E-state index contributed by atoms with van der Waals surface area (Å²) in [6.07, 6.45) is -3.70. The molecule has 23 heavy (non-hydrogen) atoms. The van der Waals surface area contributed by atoms with Crippen molar-refractivity contribution >= 4 is 17.2 Å². The molecule has 0 unspecified atom stereocenters. The number of nitrogens with zero attached hydrogens (tertiary/aromatic N) is 1. The van der Waals surface area contributed by atoms with Crippen molar-refractivity contribution in [3.63, 3.8) is 0 Å². The molecule has 0 saturated carbocycles. The maximum Gasteiger partial charge on any atom is 0.416 e. The van der Waals surface area contributed by atoms with E-state index in [2.05, 4.69) is 4.98 Å². The predicted octanol–water partition coefficient (Wildman–Crippen LogP) is 4.86. The largest absolute Gasteiger partial charge is 0.439 e. The summed E-state index contributed by atoms with van der Waals surface area (Å²) in [7, 11) is 0. The number of alkyl halides is 3. The molecule has 1 heterocycles. The van der Waals surface area contributed by atoms with Gasteiger partial charge in [0.2, 0.25) is 5.88 Å². The fourth-order valence-electron chi connectivity index (χ4n) is 2.11. The Hall–Kier alpha value is -2.89. The smallest absolute Gasteiger partial charge is 0.416 e. The van der Waals surface area contributed by atoms with Crippen LogP contribution in [0.5, 0.6) is 11.6 Å². The molecule has 0 aliphatic rings. The van der Waals surface area contributed by atoms with Crippen LogP contribution in [0.1, 0.15) is 15.9 Å².